The Bertz CT molecular complexity index is 908. The summed E-state index contributed by atoms with van der Waals surface area (Å²) in [5.74, 6) is -1.33. The first-order valence-electron chi connectivity index (χ1n) is 8.82. The van der Waals surface area contributed by atoms with Gasteiger partial charge in [-0.2, -0.15) is 0 Å². The number of hydrogen-bond donors (Lipinski definition) is 0. The van der Waals surface area contributed by atoms with Crippen molar-refractivity contribution >= 4 is 18.0 Å². The van der Waals surface area contributed by atoms with Gasteiger partial charge in [0.1, 0.15) is 0 Å². The van der Waals surface area contributed by atoms with Gasteiger partial charge >= 0.3 is 11.9 Å². The Labute approximate surface area is 164 Å². The number of rotatable bonds is 6. The van der Waals surface area contributed by atoms with Gasteiger partial charge in [-0.3, -0.25) is 0 Å². The van der Waals surface area contributed by atoms with Crippen molar-refractivity contribution in [3.8, 4) is 0 Å². The highest BCUT2D eigenvalue weighted by Gasteiger charge is 2.47. The maximum absolute atomic E-state index is 12.9. The first-order chi connectivity index (χ1) is 13.7. The Morgan fingerprint density at radius 1 is 0.750 bits per heavy atom. The van der Waals surface area contributed by atoms with E-state index in [0.717, 1.165) is 5.56 Å². The summed E-state index contributed by atoms with van der Waals surface area (Å²) < 4.78 is 10.8. The molecule has 0 aliphatic rings. The SMILES string of the molecule is COC(=O)C(OC(=O)C=Cc1ccccc1)(c1ccccc1)c1ccccc1. The van der Waals surface area contributed by atoms with Crippen molar-refractivity contribution in [2.75, 3.05) is 7.11 Å². The third-order valence-electron chi connectivity index (χ3n) is 4.30. The first-order valence-corrected chi connectivity index (χ1v) is 8.82. The predicted molar refractivity (Wildman–Crippen MR) is 107 cm³/mol. The molecule has 3 aromatic carbocycles. The molecule has 0 saturated carbocycles. The van der Waals surface area contributed by atoms with Crippen LogP contribution in [0.15, 0.2) is 97.1 Å². The Morgan fingerprint density at radius 3 is 1.68 bits per heavy atom. The molecule has 0 spiro atoms. The molecule has 0 aliphatic heterocycles. The van der Waals surface area contributed by atoms with Crippen LogP contribution in [0.1, 0.15) is 16.7 Å². The van der Waals surface area contributed by atoms with Gasteiger partial charge < -0.3 is 9.47 Å². The minimum absolute atomic E-state index is 0.509. The minimum atomic E-state index is -1.70. The fraction of sp³-hybridized carbons (Fsp3) is 0.0833. The third kappa shape index (κ3) is 4.01. The number of ether oxygens (including phenoxy) is 2. The highest BCUT2D eigenvalue weighted by Crippen LogP contribution is 2.35. The van der Waals surface area contributed by atoms with Crippen molar-refractivity contribution in [3.05, 3.63) is 114 Å². The zero-order valence-electron chi connectivity index (χ0n) is 15.4. The summed E-state index contributed by atoms with van der Waals surface area (Å²) in [4.78, 5) is 25.6. The van der Waals surface area contributed by atoms with E-state index in [0.29, 0.717) is 11.1 Å². The number of methoxy groups -OCH3 is 1. The molecule has 0 heterocycles. The van der Waals surface area contributed by atoms with Gasteiger partial charge in [0, 0.05) is 17.2 Å². The van der Waals surface area contributed by atoms with Crippen LogP contribution in [0, 0.1) is 0 Å². The van der Waals surface area contributed by atoms with Crippen molar-refractivity contribution in [3.63, 3.8) is 0 Å². The second-order valence-electron chi connectivity index (χ2n) is 6.07. The fourth-order valence-corrected chi connectivity index (χ4v) is 2.96. The smallest absolute Gasteiger partial charge is 0.359 e. The molecule has 0 amide bonds. The number of benzene rings is 3. The van der Waals surface area contributed by atoms with E-state index in [-0.39, 0.29) is 0 Å². The molecule has 0 fully saturated rings. The molecule has 0 unspecified atom stereocenters. The van der Waals surface area contributed by atoms with Gasteiger partial charge in [-0.05, 0) is 11.6 Å². The second-order valence-corrected chi connectivity index (χ2v) is 6.07. The summed E-state index contributed by atoms with van der Waals surface area (Å²) >= 11 is 0. The van der Waals surface area contributed by atoms with Crippen LogP contribution in [0.2, 0.25) is 0 Å². The molecular weight excluding hydrogens is 352 g/mol. The molecule has 140 valence electrons. The molecule has 0 atom stereocenters. The van der Waals surface area contributed by atoms with Crippen molar-refractivity contribution < 1.29 is 19.1 Å². The van der Waals surface area contributed by atoms with E-state index in [1.165, 1.54) is 13.2 Å². The average Bonchev–Trinajstić information content (AvgIpc) is 2.77. The Balaban J connectivity index is 2.04. The fourth-order valence-electron chi connectivity index (χ4n) is 2.96. The van der Waals surface area contributed by atoms with Crippen LogP contribution < -0.4 is 0 Å². The molecule has 0 aromatic heterocycles. The summed E-state index contributed by atoms with van der Waals surface area (Å²) in [5, 5.41) is 0. The number of carbonyl (C=O) groups excluding carboxylic acids is 2. The lowest BCUT2D eigenvalue weighted by molar-refractivity contribution is -0.174. The number of carbonyl (C=O) groups is 2. The van der Waals surface area contributed by atoms with Crippen molar-refractivity contribution in [1.29, 1.82) is 0 Å². The predicted octanol–water partition coefficient (Wildman–Crippen LogP) is 4.36. The van der Waals surface area contributed by atoms with Gasteiger partial charge in [0.15, 0.2) is 0 Å². The van der Waals surface area contributed by atoms with Crippen LogP contribution in [0.25, 0.3) is 6.08 Å². The molecule has 3 aromatic rings. The molecule has 0 bridgehead atoms. The van der Waals surface area contributed by atoms with E-state index in [1.54, 1.807) is 54.6 Å². The largest absolute Gasteiger partial charge is 0.466 e. The normalized spacial score (nSPS) is 11.2. The molecule has 0 saturated heterocycles. The highest BCUT2D eigenvalue weighted by atomic mass is 16.6. The van der Waals surface area contributed by atoms with Gasteiger partial charge in [-0.15, -0.1) is 0 Å². The van der Waals surface area contributed by atoms with Crippen LogP contribution in [0.3, 0.4) is 0 Å². The maximum Gasteiger partial charge on any atom is 0.359 e. The van der Waals surface area contributed by atoms with E-state index in [1.807, 2.05) is 42.5 Å². The average molecular weight is 372 g/mol. The Hall–Kier alpha value is -3.66. The van der Waals surface area contributed by atoms with Crippen LogP contribution in [0.5, 0.6) is 0 Å². The van der Waals surface area contributed by atoms with Gasteiger partial charge in [-0.1, -0.05) is 91.0 Å². The summed E-state index contributed by atoms with van der Waals surface area (Å²) in [7, 11) is 1.27. The van der Waals surface area contributed by atoms with Gasteiger partial charge in [0.05, 0.1) is 7.11 Å². The van der Waals surface area contributed by atoms with Gasteiger partial charge in [0.2, 0.25) is 0 Å². The quantitative estimate of drug-likeness (QED) is 0.477. The monoisotopic (exact) mass is 372 g/mol. The lowest BCUT2D eigenvalue weighted by Gasteiger charge is -2.31. The third-order valence-corrected chi connectivity index (χ3v) is 4.30. The Morgan fingerprint density at radius 2 is 1.21 bits per heavy atom. The molecule has 0 N–H and O–H groups in total. The summed E-state index contributed by atoms with van der Waals surface area (Å²) in [6, 6.07) is 27.1. The zero-order chi connectivity index (χ0) is 19.8. The molecule has 3 rings (SSSR count). The van der Waals surface area contributed by atoms with Crippen molar-refractivity contribution in [2.24, 2.45) is 0 Å². The topological polar surface area (TPSA) is 52.6 Å². The zero-order valence-corrected chi connectivity index (χ0v) is 15.4. The van der Waals surface area contributed by atoms with Crippen molar-refractivity contribution in [2.45, 2.75) is 5.60 Å². The standard InChI is InChI=1S/C24H20O4/c1-27-23(26)24(20-13-7-3-8-14-20,21-15-9-4-10-16-21)28-22(25)18-17-19-11-5-2-6-12-19/h2-18H,1H3. The number of esters is 2. The lowest BCUT2D eigenvalue weighted by Crippen LogP contribution is -2.42. The summed E-state index contributed by atoms with van der Waals surface area (Å²) in [6.07, 6.45) is 2.94. The van der Waals surface area contributed by atoms with E-state index in [2.05, 4.69) is 0 Å². The lowest BCUT2D eigenvalue weighted by atomic mass is 9.86. The van der Waals surface area contributed by atoms with E-state index in [4.69, 9.17) is 9.47 Å². The molecule has 28 heavy (non-hydrogen) atoms. The van der Waals surface area contributed by atoms with E-state index < -0.39 is 17.5 Å². The molecule has 0 aliphatic carbocycles. The van der Waals surface area contributed by atoms with Gasteiger partial charge in [0.25, 0.3) is 5.60 Å². The van der Waals surface area contributed by atoms with Crippen LogP contribution in [0.4, 0.5) is 0 Å². The maximum atomic E-state index is 12.9. The molecular formula is C24H20O4. The van der Waals surface area contributed by atoms with E-state index in [9.17, 15) is 9.59 Å². The molecule has 4 heteroatoms. The molecule has 4 nitrogen and oxygen atoms in total. The van der Waals surface area contributed by atoms with Crippen LogP contribution in [-0.2, 0) is 24.7 Å². The Kier molecular flexibility index (Phi) is 6.02. The second kappa shape index (κ2) is 8.82. The van der Waals surface area contributed by atoms with Crippen LogP contribution in [-0.4, -0.2) is 19.0 Å². The highest BCUT2D eigenvalue weighted by molar-refractivity contribution is 5.93. The minimum Gasteiger partial charge on any atom is -0.466 e. The van der Waals surface area contributed by atoms with E-state index >= 15 is 0 Å². The summed E-state index contributed by atoms with van der Waals surface area (Å²) in [5.41, 5.74) is 0.168. The number of hydrogen-bond acceptors (Lipinski definition) is 4. The van der Waals surface area contributed by atoms with Crippen molar-refractivity contribution in [1.82, 2.24) is 0 Å². The van der Waals surface area contributed by atoms with Gasteiger partial charge in [-0.25, -0.2) is 9.59 Å². The first kappa shape index (κ1) is 19.1. The van der Waals surface area contributed by atoms with Crippen LogP contribution >= 0.6 is 0 Å². The molecule has 0 radical (unpaired) electrons. The summed E-state index contributed by atoms with van der Waals surface area (Å²) in [6.45, 7) is 0.